The van der Waals surface area contributed by atoms with Crippen LogP contribution in [0.15, 0.2) is 178 Å². The number of aromatic carboxylic acids is 3. The summed E-state index contributed by atoms with van der Waals surface area (Å²) in [7, 11) is 0. The maximum atomic E-state index is 11.8. The van der Waals surface area contributed by atoms with Gasteiger partial charge in [-0.05, 0) is 119 Å². The number of carbonyl (C=O) groups is 3. The van der Waals surface area contributed by atoms with Crippen molar-refractivity contribution in [1.29, 1.82) is 0 Å². The number of aromatic amines is 1. The van der Waals surface area contributed by atoms with E-state index >= 15 is 0 Å². The molecule has 4 aliphatic rings. The Morgan fingerprint density at radius 3 is 1.12 bits per heavy atom. The van der Waals surface area contributed by atoms with E-state index in [2.05, 4.69) is 4.98 Å². The summed E-state index contributed by atoms with van der Waals surface area (Å²) in [6.45, 7) is 0. The summed E-state index contributed by atoms with van der Waals surface area (Å²) in [5.74, 6) is -4.02. The molecule has 6 N–H and O–H groups in total. The van der Waals surface area contributed by atoms with E-state index < -0.39 is 23.9 Å². The molecule has 8 bridgehead atoms. The number of fused-ring (bicyclic) bond motifs is 5. The molecule has 0 fully saturated rings. The van der Waals surface area contributed by atoms with Gasteiger partial charge in [-0.3, -0.25) is 0 Å². The summed E-state index contributed by atoms with van der Waals surface area (Å²) in [6.07, 6.45) is 11.1. The number of hydrogen-bond acceptors (Lipinski definition) is 8. The zero-order chi connectivity index (χ0) is 41.7. The van der Waals surface area contributed by atoms with Crippen LogP contribution in [0.5, 0.6) is 0 Å². The summed E-state index contributed by atoms with van der Waals surface area (Å²) < 4.78 is 0. The number of allylic oxidation sites excluding steroid dienone is 8. The van der Waals surface area contributed by atoms with E-state index in [-0.39, 0.29) is 21.9 Å². The number of nitrogens with one attached hydrogen (secondary N) is 1. The molecule has 4 aliphatic heterocycles. The van der Waals surface area contributed by atoms with Crippen LogP contribution >= 0.6 is 0 Å². The first-order valence-electron chi connectivity index (χ1n) is 18.5. The fourth-order valence-corrected chi connectivity index (χ4v) is 7.47. The number of nitrogens with zero attached hydrogens (tertiary/aromatic N) is 3. The summed E-state index contributed by atoms with van der Waals surface area (Å²) >= 11 is 0. The molecule has 60 heavy (non-hydrogen) atoms. The Morgan fingerprint density at radius 2 is 0.733 bits per heavy atom. The molecule has 4 aromatic carbocycles. The first kappa shape index (κ1) is 37.0. The molecule has 12 heteroatoms. The van der Waals surface area contributed by atoms with E-state index in [1.165, 1.54) is 36.4 Å². The molecule has 9 rings (SSSR count). The highest BCUT2D eigenvalue weighted by Crippen LogP contribution is 2.37. The normalized spacial score (nSPS) is 15.4. The molecule has 0 unspecified atom stereocenters. The first-order chi connectivity index (χ1) is 29.0. The summed E-state index contributed by atoms with van der Waals surface area (Å²) in [5, 5.41) is 49.5. The van der Waals surface area contributed by atoms with E-state index in [0.29, 0.717) is 89.8 Å². The second-order valence-electron chi connectivity index (χ2n) is 14.0. The standard InChI is InChI=1S/C48H30N4O8/c53-45(54)29-9-1-25(2-10-29)41-33-17-19-35(49-33)42(26-3-11-30(12-4-26)46(55)56)37-21-23-39(51-37)44(28-7-15-32(16-8-28)48(59)60)40-24-22-38(52-40)43(36-20-18-34(41)50-36)27-5-13-31(14-6-27)47(57)58/h1-24,49,53-54H,(H,55,56)(H,57,58)(H,59,60). The highest BCUT2D eigenvalue weighted by molar-refractivity contribution is 6.37. The van der Waals surface area contributed by atoms with Gasteiger partial charge in [0.25, 0.3) is 5.95 Å². The summed E-state index contributed by atoms with van der Waals surface area (Å²) in [6, 6.07) is 29.9. The molecule has 5 aromatic rings. The topological polar surface area (TPSA) is 205 Å². The molecule has 0 amide bonds. The van der Waals surface area contributed by atoms with Crippen LogP contribution in [0.4, 0.5) is 0 Å². The molecule has 0 radical (unpaired) electrons. The van der Waals surface area contributed by atoms with Gasteiger partial charge in [-0.2, -0.15) is 0 Å². The minimum absolute atomic E-state index is 0.110. The highest BCUT2D eigenvalue weighted by atomic mass is 16.5. The van der Waals surface area contributed by atoms with Crippen molar-refractivity contribution in [1.82, 2.24) is 4.98 Å². The van der Waals surface area contributed by atoms with E-state index in [1.807, 2.05) is 48.6 Å². The molecule has 12 nitrogen and oxygen atoms in total. The fourth-order valence-electron chi connectivity index (χ4n) is 7.47. The van der Waals surface area contributed by atoms with Gasteiger partial charge >= 0.3 is 17.9 Å². The Labute approximate surface area is 340 Å². The SMILES string of the molecule is O=C(O)c1ccc(C2=C3C=CC(=N3)C(c3ccc(C(=O)O)cc3)=C3C=CC(=N3)C(=c3ccc(=C(O)O)cc3)c3ccc([nH]3)C(c3ccc(C(=O)O)cc3)=C3C=CC2=N3)cc1. The number of carboxylic acid groups (broad SMARTS) is 3. The van der Waals surface area contributed by atoms with Gasteiger partial charge in [0.05, 0.1) is 56.1 Å². The maximum absolute atomic E-state index is 11.8. The van der Waals surface area contributed by atoms with Crippen molar-refractivity contribution in [2.75, 3.05) is 0 Å². The predicted molar refractivity (Wildman–Crippen MR) is 227 cm³/mol. The number of H-pyrrole nitrogens is 1. The average Bonchev–Trinajstić information content (AvgIpc) is 4.10. The number of aliphatic hydroxyl groups is 2. The molecule has 0 aliphatic carbocycles. The number of aromatic nitrogens is 1. The van der Waals surface area contributed by atoms with Crippen LogP contribution in [0.25, 0.3) is 28.2 Å². The second-order valence-corrected chi connectivity index (χ2v) is 14.0. The number of benzene rings is 4. The fraction of sp³-hybridized carbons (Fsp3) is 0. The lowest BCUT2D eigenvalue weighted by Crippen LogP contribution is -2.17. The van der Waals surface area contributed by atoms with Crippen molar-refractivity contribution in [3.63, 3.8) is 0 Å². The number of aliphatic hydroxyl groups excluding tert-OH is 1. The highest BCUT2D eigenvalue weighted by Gasteiger charge is 2.27. The number of rotatable bonds is 6. The number of hydrogen-bond donors (Lipinski definition) is 6. The van der Waals surface area contributed by atoms with Crippen LogP contribution in [0, 0.1) is 0 Å². The Balaban J connectivity index is 1.36. The van der Waals surface area contributed by atoms with Crippen LogP contribution in [-0.4, -0.2) is 65.6 Å². The van der Waals surface area contributed by atoms with Crippen LogP contribution < -0.4 is 10.4 Å². The van der Waals surface area contributed by atoms with Gasteiger partial charge < -0.3 is 30.5 Å². The molecule has 5 heterocycles. The molecular formula is C48H30N4O8. The van der Waals surface area contributed by atoms with Gasteiger partial charge in [0, 0.05) is 33.7 Å². The van der Waals surface area contributed by atoms with Crippen LogP contribution in [0.2, 0.25) is 0 Å². The maximum Gasteiger partial charge on any atom is 0.335 e. The number of carboxylic acids is 3. The first-order valence-corrected chi connectivity index (χ1v) is 18.5. The van der Waals surface area contributed by atoms with Crippen molar-refractivity contribution >= 4 is 63.3 Å². The third-order valence-corrected chi connectivity index (χ3v) is 10.4. The van der Waals surface area contributed by atoms with Gasteiger partial charge in [-0.1, -0.05) is 48.5 Å². The van der Waals surface area contributed by atoms with Gasteiger partial charge in [-0.15, -0.1) is 0 Å². The van der Waals surface area contributed by atoms with Gasteiger partial charge in [-0.25, -0.2) is 29.4 Å². The molecule has 290 valence electrons. The molecule has 0 atom stereocenters. The minimum atomic E-state index is -1.07. The van der Waals surface area contributed by atoms with Crippen LogP contribution in [0.1, 0.15) is 59.2 Å². The second kappa shape index (κ2) is 14.7. The van der Waals surface area contributed by atoms with Gasteiger partial charge in [0.2, 0.25) is 0 Å². The molecule has 0 spiro atoms. The van der Waals surface area contributed by atoms with Gasteiger partial charge in [0.1, 0.15) is 0 Å². The molecule has 0 saturated heterocycles. The Kier molecular flexibility index (Phi) is 9.06. The quantitative estimate of drug-likeness (QED) is 0.104. The van der Waals surface area contributed by atoms with Crippen molar-refractivity contribution in [3.8, 4) is 0 Å². The Hall–Kier alpha value is -8.64. The van der Waals surface area contributed by atoms with Gasteiger partial charge in [0.15, 0.2) is 0 Å². The molecule has 0 saturated carbocycles. The largest absolute Gasteiger partial charge is 0.481 e. The number of aliphatic imine (C=N–C) groups is 3. The molecule has 1 aromatic heterocycles. The van der Waals surface area contributed by atoms with Crippen molar-refractivity contribution in [2.24, 2.45) is 15.0 Å². The minimum Gasteiger partial charge on any atom is -0.481 e. The van der Waals surface area contributed by atoms with Crippen LogP contribution in [0.3, 0.4) is 0 Å². The van der Waals surface area contributed by atoms with Crippen molar-refractivity contribution in [3.05, 3.63) is 218 Å². The monoisotopic (exact) mass is 790 g/mol. The lowest BCUT2D eigenvalue weighted by molar-refractivity contribution is 0.0686. The zero-order valence-corrected chi connectivity index (χ0v) is 31.2. The third kappa shape index (κ3) is 6.69. The lowest BCUT2D eigenvalue weighted by Gasteiger charge is -2.12. The third-order valence-electron chi connectivity index (χ3n) is 10.4. The van der Waals surface area contributed by atoms with E-state index in [0.717, 1.165) is 0 Å². The lowest BCUT2D eigenvalue weighted by atomic mass is 9.97. The average molecular weight is 791 g/mol. The summed E-state index contributed by atoms with van der Waals surface area (Å²) in [4.78, 5) is 54.5. The van der Waals surface area contributed by atoms with E-state index in [9.17, 15) is 39.9 Å². The van der Waals surface area contributed by atoms with Crippen molar-refractivity contribution in [2.45, 2.75) is 0 Å². The predicted octanol–water partition coefficient (Wildman–Crippen LogP) is 7.12. The summed E-state index contributed by atoms with van der Waals surface area (Å²) in [5.41, 5.74) is 9.48. The van der Waals surface area contributed by atoms with E-state index in [1.54, 1.807) is 60.7 Å². The van der Waals surface area contributed by atoms with E-state index in [4.69, 9.17) is 15.0 Å². The zero-order valence-electron chi connectivity index (χ0n) is 31.2. The Morgan fingerprint density at radius 1 is 0.383 bits per heavy atom. The smallest absolute Gasteiger partial charge is 0.335 e. The molecular weight excluding hydrogens is 761 g/mol. The van der Waals surface area contributed by atoms with Crippen LogP contribution in [-0.2, 0) is 0 Å². The Bertz CT molecular complexity index is 3120. The van der Waals surface area contributed by atoms with Crippen molar-refractivity contribution < 1.29 is 39.9 Å².